The zero-order valence-corrected chi connectivity index (χ0v) is 13.9. The molecule has 0 spiro atoms. The second-order valence-corrected chi connectivity index (χ2v) is 5.70. The third-order valence-corrected chi connectivity index (χ3v) is 3.72. The van der Waals surface area contributed by atoms with Crippen molar-refractivity contribution in [2.24, 2.45) is 0 Å². The van der Waals surface area contributed by atoms with Crippen LogP contribution >= 0.6 is 11.6 Å². The molecule has 5 nitrogen and oxygen atoms in total. The Morgan fingerprint density at radius 3 is 2.64 bits per heavy atom. The lowest BCUT2D eigenvalue weighted by atomic mass is 10.1. The zero-order valence-electron chi connectivity index (χ0n) is 13.1. The highest BCUT2D eigenvalue weighted by molar-refractivity contribution is 6.30. The minimum absolute atomic E-state index is 0.0686. The summed E-state index contributed by atoms with van der Waals surface area (Å²) in [5.41, 5.74) is 1.19. The van der Waals surface area contributed by atoms with Crippen LogP contribution in [0.1, 0.15) is 17.9 Å². The van der Waals surface area contributed by atoms with Gasteiger partial charge in [0.05, 0.1) is 0 Å². The van der Waals surface area contributed by atoms with Crippen molar-refractivity contribution in [3.05, 3.63) is 70.8 Å². The van der Waals surface area contributed by atoms with E-state index in [9.17, 15) is 9.18 Å². The number of carbonyl (C=O) groups is 1. The topological polar surface area (TPSA) is 65.2 Å². The number of carbonyl (C=O) groups excluding carboxylic acids is 1. The Bertz CT molecular complexity index is 865. The molecule has 0 fully saturated rings. The summed E-state index contributed by atoms with van der Waals surface area (Å²) in [6.07, 6.45) is 0.338. The maximum Gasteiger partial charge on any atom is 0.306 e. The summed E-state index contributed by atoms with van der Waals surface area (Å²) >= 11 is 5.83. The number of hydrogen-bond donors (Lipinski definition) is 0. The van der Waals surface area contributed by atoms with E-state index in [0.29, 0.717) is 22.0 Å². The van der Waals surface area contributed by atoms with Gasteiger partial charge < -0.3 is 9.15 Å². The molecule has 0 unspecified atom stereocenters. The number of hydrogen-bond acceptors (Lipinski definition) is 5. The molecule has 3 rings (SSSR count). The Balaban J connectivity index is 1.51. The van der Waals surface area contributed by atoms with Crippen LogP contribution in [0.5, 0.6) is 0 Å². The third kappa shape index (κ3) is 4.64. The van der Waals surface area contributed by atoms with Gasteiger partial charge in [-0.3, -0.25) is 4.79 Å². The molecule has 0 N–H and O–H groups in total. The Hall–Kier alpha value is -2.73. The van der Waals surface area contributed by atoms with Crippen molar-refractivity contribution >= 4 is 17.6 Å². The molecule has 0 aliphatic heterocycles. The fourth-order valence-corrected chi connectivity index (χ4v) is 2.30. The molecule has 25 heavy (non-hydrogen) atoms. The highest BCUT2D eigenvalue weighted by Gasteiger charge is 2.12. The van der Waals surface area contributed by atoms with Crippen molar-refractivity contribution in [1.82, 2.24) is 10.2 Å². The molecule has 0 atom stereocenters. The van der Waals surface area contributed by atoms with E-state index in [1.165, 1.54) is 6.07 Å². The number of halogens is 2. The summed E-state index contributed by atoms with van der Waals surface area (Å²) in [4.78, 5) is 11.8. The van der Waals surface area contributed by atoms with Gasteiger partial charge in [0.1, 0.15) is 5.82 Å². The predicted molar refractivity (Wildman–Crippen MR) is 89.3 cm³/mol. The van der Waals surface area contributed by atoms with Crippen molar-refractivity contribution in [2.45, 2.75) is 19.4 Å². The Labute approximate surface area is 148 Å². The van der Waals surface area contributed by atoms with Crippen molar-refractivity contribution in [3.8, 4) is 11.5 Å². The summed E-state index contributed by atoms with van der Waals surface area (Å²) in [6, 6.07) is 13.2. The van der Waals surface area contributed by atoms with Gasteiger partial charge in [-0.25, -0.2) is 4.39 Å². The number of esters is 1. The van der Waals surface area contributed by atoms with E-state index in [2.05, 4.69) is 10.2 Å². The van der Waals surface area contributed by atoms with E-state index >= 15 is 0 Å². The maximum atomic E-state index is 13.5. The van der Waals surface area contributed by atoms with Crippen LogP contribution in [-0.4, -0.2) is 16.2 Å². The van der Waals surface area contributed by atoms with Gasteiger partial charge in [0.2, 0.25) is 5.89 Å². The van der Waals surface area contributed by atoms with Crippen LogP contribution in [0, 0.1) is 5.82 Å². The lowest BCUT2D eigenvalue weighted by Gasteiger charge is -2.03. The smallest absolute Gasteiger partial charge is 0.306 e. The van der Waals surface area contributed by atoms with Crippen LogP contribution in [0.15, 0.2) is 52.9 Å². The average molecular weight is 361 g/mol. The SMILES string of the molecule is O=C(CCc1ccccc1F)OCc1nnc(-c2ccc(Cl)cc2)o1. The molecule has 3 aromatic rings. The summed E-state index contributed by atoms with van der Waals surface area (Å²) < 4.78 is 24.0. The summed E-state index contributed by atoms with van der Waals surface area (Å²) in [7, 11) is 0. The van der Waals surface area contributed by atoms with E-state index in [4.69, 9.17) is 20.8 Å². The normalized spacial score (nSPS) is 10.6. The molecule has 0 radical (unpaired) electrons. The van der Waals surface area contributed by atoms with Crippen LogP contribution in [0.4, 0.5) is 4.39 Å². The molecule has 0 aliphatic carbocycles. The monoisotopic (exact) mass is 360 g/mol. The highest BCUT2D eigenvalue weighted by atomic mass is 35.5. The summed E-state index contributed by atoms with van der Waals surface area (Å²) in [5.74, 6) is -0.299. The van der Waals surface area contributed by atoms with Crippen LogP contribution in [0.25, 0.3) is 11.5 Å². The Morgan fingerprint density at radius 1 is 1.12 bits per heavy atom. The Morgan fingerprint density at radius 2 is 1.88 bits per heavy atom. The molecular formula is C18H14ClFN2O3. The molecule has 1 heterocycles. The first-order valence-electron chi connectivity index (χ1n) is 7.59. The first-order valence-corrected chi connectivity index (χ1v) is 7.97. The van der Waals surface area contributed by atoms with Gasteiger partial charge >= 0.3 is 5.97 Å². The second-order valence-electron chi connectivity index (χ2n) is 5.26. The van der Waals surface area contributed by atoms with Crippen LogP contribution in [-0.2, 0) is 22.6 Å². The van der Waals surface area contributed by atoms with E-state index in [1.54, 1.807) is 42.5 Å². The molecule has 1 aromatic heterocycles. The number of aryl methyl sites for hydroxylation is 1. The van der Waals surface area contributed by atoms with Crippen molar-refractivity contribution in [2.75, 3.05) is 0 Å². The molecule has 0 saturated heterocycles. The highest BCUT2D eigenvalue weighted by Crippen LogP contribution is 2.20. The first-order chi connectivity index (χ1) is 12.1. The van der Waals surface area contributed by atoms with Crippen molar-refractivity contribution < 1.29 is 18.3 Å². The van der Waals surface area contributed by atoms with Crippen molar-refractivity contribution in [3.63, 3.8) is 0 Å². The number of benzene rings is 2. The van der Waals surface area contributed by atoms with Gasteiger partial charge in [-0.1, -0.05) is 29.8 Å². The van der Waals surface area contributed by atoms with Crippen LogP contribution in [0.2, 0.25) is 5.02 Å². The molecule has 0 bridgehead atoms. The molecule has 0 amide bonds. The Kier molecular flexibility index (Phi) is 5.40. The number of nitrogens with zero attached hydrogens (tertiary/aromatic N) is 2. The van der Waals surface area contributed by atoms with Gasteiger partial charge in [0.25, 0.3) is 5.89 Å². The standard InChI is InChI=1S/C18H14ClFN2O3/c19-14-8-5-13(6-9-14)18-22-21-16(25-18)11-24-17(23)10-7-12-3-1-2-4-15(12)20/h1-6,8-9H,7,10-11H2. The fourth-order valence-electron chi connectivity index (χ4n) is 2.17. The number of rotatable bonds is 6. The summed E-state index contributed by atoms with van der Waals surface area (Å²) in [5, 5.41) is 8.34. The molecule has 0 aliphatic rings. The number of ether oxygens (including phenoxy) is 1. The fraction of sp³-hybridized carbons (Fsp3) is 0.167. The van der Waals surface area contributed by atoms with Gasteiger partial charge in [-0.2, -0.15) is 0 Å². The van der Waals surface area contributed by atoms with E-state index < -0.39 is 5.97 Å². The van der Waals surface area contributed by atoms with E-state index in [-0.39, 0.29) is 31.2 Å². The molecular weight excluding hydrogens is 347 g/mol. The van der Waals surface area contributed by atoms with Gasteiger partial charge in [0.15, 0.2) is 6.61 Å². The minimum atomic E-state index is -0.463. The largest absolute Gasteiger partial charge is 0.456 e. The van der Waals surface area contributed by atoms with Gasteiger partial charge in [-0.05, 0) is 42.3 Å². The first kappa shape index (κ1) is 17.1. The predicted octanol–water partition coefficient (Wildman–Crippen LogP) is 4.21. The lowest BCUT2D eigenvalue weighted by molar-refractivity contribution is -0.145. The third-order valence-electron chi connectivity index (χ3n) is 3.47. The quantitative estimate of drug-likeness (QED) is 0.616. The summed E-state index contributed by atoms with van der Waals surface area (Å²) in [6.45, 7) is -0.128. The molecule has 0 saturated carbocycles. The van der Waals surface area contributed by atoms with Gasteiger partial charge in [-0.15, -0.1) is 10.2 Å². The number of aromatic nitrogens is 2. The molecule has 128 valence electrons. The van der Waals surface area contributed by atoms with Crippen LogP contribution < -0.4 is 0 Å². The molecule has 2 aromatic carbocycles. The zero-order chi connectivity index (χ0) is 17.6. The lowest BCUT2D eigenvalue weighted by Crippen LogP contribution is -2.06. The van der Waals surface area contributed by atoms with Crippen molar-refractivity contribution in [1.29, 1.82) is 0 Å². The van der Waals surface area contributed by atoms with E-state index in [1.807, 2.05) is 0 Å². The maximum absolute atomic E-state index is 13.5. The minimum Gasteiger partial charge on any atom is -0.456 e. The average Bonchev–Trinajstić information content (AvgIpc) is 3.09. The van der Waals surface area contributed by atoms with Crippen LogP contribution in [0.3, 0.4) is 0 Å². The van der Waals surface area contributed by atoms with E-state index in [0.717, 1.165) is 0 Å². The van der Waals surface area contributed by atoms with Gasteiger partial charge in [0, 0.05) is 17.0 Å². The molecule has 7 heteroatoms. The second kappa shape index (κ2) is 7.90.